The van der Waals surface area contributed by atoms with E-state index in [-0.39, 0.29) is 0 Å². The van der Waals surface area contributed by atoms with Crippen molar-refractivity contribution in [2.24, 2.45) is 5.84 Å². The molecule has 0 amide bonds. The monoisotopic (exact) mass is 256 g/mol. The van der Waals surface area contributed by atoms with Crippen LogP contribution >= 0.6 is 11.8 Å². The van der Waals surface area contributed by atoms with Gasteiger partial charge >= 0.3 is 0 Å². The van der Waals surface area contributed by atoms with Crippen LogP contribution in [-0.2, 0) is 0 Å². The molecule has 0 saturated heterocycles. The van der Waals surface area contributed by atoms with Crippen molar-refractivity contribution in [3.63, 3.8) is 0 Å². The zero-order chi connectivity index (χ0) is 12.5. The van der Waals surface area contributed by atoms with Gasteiger partial charge in [0.1, 0.15) is 0 Å². The zero-order valence-corrected chi connectivity index (χ0v) is 12.2. The highest BCUT2D eigenvalue weighted by Crippen LogP contribution is 2.23. The topological polar surface area (TPSA) is 38.0 Å². The van der Waals surface area contributed by atoms with E-state index in [1.807, 2.05) is 11.8 Å². The van der Waals surface area contributed by atoms with E-state index in [2.05, 4.69) is 25.3 Å². The van der Waals surface area contributed by atoms with E-state index in [0.717, 1.165) is 11.0 Å². The Labute approximate surface area is 111 Å². The third-order valence-corrected chi connectivity index (χ3v) is 5.03. The van der Waals surface area contributed by atoms with Crippen LogP contribution in [0.25, 0.3) is 0 Å². The van der Waals surface area contributed by atoms with E-state index in [4.69, 9.17) is 5.84 Å². The summed E-state index contributed by atoms with van der Waals surface area (Å²) in [5, 5.41) is 0.736. The lowest BCUT2D eigenvalue weighted by atomic mass is 9.96. The average Bonchev–Trinajstić information content (AvgIpc) is 2.31. The second-order valence-electron chi connectivity index (χ2n) is 5.00. The maximum absolute atomic E-state index is 5.72. The fourth-order valence-corrected chi connectivity index (χ4v) is 3.24. The van der Waals surface area contributed by atoms with E-state index in [1.54, 1.807) is 5.57 Å². The number of hydrogen-bond acceptors (Lipinski definition) is 3. The summed E-state index contributed by atoms with van der Waals surface area (Å²) in [7, 11) is 0. The predicted molar refractivity (Wildman–Crippen MR) is 79.1 cm³/mol. The first-order valence-corrected chi connectivity index (χ1v) is 8.09. The molecule has 0 aromatic carbocycles. The third-order valence-electron chi connectivity index (χ3n) is 3.60. The quantitative estimate of drug-likeness (QED) is 0.433. The summed E-state index contributed by atoms with van der Waals surface area (Å²) < 4.78 is 0. The standard InChI is InChI=1S/C14H28N2S/c1-3-12(2)17-11-14(16-15)13-9-7-5-4-6-8-10-13/h9,12,14,16H,3-8,10-11,15H2,1-2H3. The van der Waals surface area contributed by atoms with Gasteiger partial charge in [0.15, 0.2) is 0 Å². The fraction of sp³-hybridized carbons (Fsp3) is 0.857. The van der Waals surface area contributed by atoms with Crippen LogP contribution in [0.3, 0.4) is 0 Å². The van der Waals surface area contributed by atoms with Gasteiger partial charge in [0.05, 0.1) is 6.04 Å². The summed E-state index contributed by atoms with van der Waals surface area (Å²) in [6.45, 7) is 4.54. The van der Waals surface area contributed by atoms with Crippen molar-refractivity contribution < 1.29 is 0 Å². The first-order chi connectivity index (χ1) is 8.27. The van der Waals surface area contributed by atoms with Gasteiger partial charge in [-0.2, -0.15) is 11.8 Å². The third kappa shape index (κ3) is 5.94. The summed E-state index contributed by atoms with van der Waals surface area (Å²) in [5.41, 5.74) is 4.55. The number of hydrazine groups is 1. The number of nitrogens with two attached hydrogens (primary N) is 1. The Morgan fingerprint density at radius 2 is 2.12 bits per heavy atom. The van der Waals surface area contributed by atoms with E-state index < -0.39 is 0 Å². The molecule has 1 rings (SSSR count). The molecule has 3 N–H and O–H groups in total. The minimum atomic E-state index is 0.382. The van der Waals surface area contributed by atoms with E-state index >= 15 is 0 Å². The lowest BCUT2D eigenvalue weighted by molar-refractivity contribution is 0.567. The van der Waals surface area contributed by atoms with Gasteiger partial charge < -0.3 is 0 Å². The molecule has 1 aliphatic rings. The van der Waals surface area contributed by atoms with Crippen LogP contribution in [0.2, 0.25) is 0 Å². The molecule has 2 unspecified atom stereocenters. The van der Waals surface area contributed by atoms with Gasteiger partial charge in [0, 0.05) is 11.0 Å². The Morgan fingerprint density at radius 1 is 1.35 bits per heavy atom. The lowest BCUT2D eigenvalue weighted by Gasteiger charge is -2.22. The van der Waals surface area contributed by atoms with Crippen molar-refractivity contribution in [2.45, 2.75) is 70.1 Å². The SMILES string of the molecule is CCC(C)SCC(NN)C1=CCCCCCC1. The van der Waals surface area contributed by atoms with E-state index in [0.29, 0.717) is 6.04 Å². The summed E-state index contributed by atoms with van der Waals surface area (Å²) in [4.78, 5) is 0. The van der Waals surface area contributed by atoms with Crippen molar-refractivity contribution in [2.75, 3.05) is 5.75 Å². The maximum Gasteiger partial charge on any atom is 0.0510 e. The van der Waals surface area contributed by atoms with Crippen molar-refractivity contribution >= 4 is 11.8 Å². The molecule has 0 heterocycles. The molecule has 17 heavy (non-hydrogen) atoms. The smallest absolute Gasteiger partial charge is 0.0510 e. The molecule has 0 bridgehead atoms. The molecule has 3 heteroatoms. The van der Waals surface area contributed by atoms with Crippen LogP contribution in [0.1, 0.15) is 58.8 Å². The van der Waals surface area contributed by atoms with E-state index in [9.17, 15) is 0 Å². The maximum atomic E-state index is 5.72. The van der Waals surface area contributed by atoms with Gasteiger partial charge in [-0.25, -0.2) is 0 Å². The Morgan fingerprint density at radius 3 is 2.82 bits per heavy atom. The van der Waals surface area contributed by atoms with Crippen molar-refractivity contribution in [3.05, 3.63) is 11.6 Å². The van der Waals surface area contributed by atoms with Gasteiger partial charge in [-0.05, 0) is 32.1 Å². The molecule has 0 spiro atoms. The Kier molecular flexibility index (Phi) is 7.99. The highest BCUT2D eigenvalue weighted by atomic mass is 32.2. The van der Waals surface area contributed by atoms with Crippen molar-refractivity contribution in [3.8, 4) is 0 Å². The summed E-state index contributed by atoms with van der Waals surface area (Å²) in [6.07, 6.45) is 11.6. The average molecular weight is 256 g/mol. The van der Waals surface area contributed by atoms with Crippen LogP contribution in [-0.4, -0.2) is 17.0 Å². The zero-order valence-electron chi connectivity index (χ0n) is 11.4. The van der Waals surface area contributed by atoms with Crippen LogP contribution in [0.4, 0.5) is 0 Å². The first-order valence-electron chi connectivity index (χ1n) is 7.04. The molecule has 0 saturated carbocycles. The number of hydrogen-bond donors (Lipinski definition) is 2. The van der Waals surface area contributed by atoms with Crippen molar-refractivity contribution in [1.29, 1.82) is 0 Å². The molecule has 100 valence electrons. The molecule has 0 aliphatic heterocycles. The molecule has 1 aliphatic carbocycles. The highest BCUT2D eigenvalue weighted by Gasteiger charge is 2.14. The van der Waals surface area contributed by atoms with Crippen LogP contribution in [0, 0.1) is 0 Å². The molecular formula is C14H28N2S. The summed E-state index contributed by atoms with van der Waals surface area (Å²) in [5.74, 6) is 6.83. The van der Waals surface area contributed by atoms with Gasteiger partial charge in [0.25, 0.3) is 0 Å². The first kappa shape index (κ1) is 15.1. The molecule has 2 nitrogen and oxygen atoms in total. The second-order valence-corrected chi connectivity index (χ2v) is 6.47. The Balaban J connectivity index is 2.46. The van der Waals surface area contributed by atoms with Gasteiger partial charge in [-0.15, -0.1) is 0 Å². The van der Waals surface area contributed by atoms with Gasteiger partial charge in [-0.3, -0.25) is 11.3 Å². The predicted octanol–water partition coefficient (Wildman–Crippen LogP) is 3.63. The summed E-state index contributed by atoms with van der Waals surface area (Å²) in [6, 6.07) is 0.382. The molecular weight excluding hydrogens is 228 g/mol. The molecule has 0 aromatic rings. The lowest BCUT2D eigenvalue weighted by Crippen LogP contribution is -2.39. The number of allylic oxidation sites excluding steroid dienone is 1. The number of thioether (sulfide) groups is 1. The van der Waals surface area contributed by atoms with Crippen LogP contribution < -0.4 is 11.3 Å². The Bertz CT molecular complexity index is 228. The normalized spacial score (nSPS) is 21.2. The van der Waals surface area contributed by atoms with Crippen LogP contribution in [0.15, 0.2) is 11.6 Å². The van der Waals surface area contributed by atoms with Crippen LogP contribution in [0.5, 0.6) is 0 Å². The van der Waals surface area contributed by atoms with Crippen molar-refractivity contribution in [1.82, 2.24) is 5.43 Å². The number of rotatable bonds is 6. The second kappa shape index (κ2) is 9.01. The molecule has 2 atom stereocenters. The number of nitrogens with one attached hydrogen (secondary N) is 1. The minimum absolute atomic E-state index is 0.382. The highest BCUT2D eigenvalue weighted by molar-refractivity contribution is 7.99. The largest absolute Gasteiger partial charge is 0.271 e. The molecule has 0 radical (unpaired) electrons. The van der Waals surface area contributed by atoms with Gasteiger partial charge in [0.2, 0.25) is 0 Å². The fourth-order valence-electron chi connectivity index (χ4n) is 2.17. The van der Waals surface area contributed by atoms with E-state index in [1.165, 1.54) is 44.9 Å². The van der Waals surface area contributed by atoms with Gasteiger partial charge in [-0.1, -0.05) is 38.3 Å². The molecule has 0 aromatic heterocycles. The molecule has 0 fully saturated rings. The minimum Gasteiger partial charge on any atom is -0.271 e. The summed E-state index contributed by atoms with van der Waals surface area (Å²) >= 11 is 2.03. The Hall–Kier alpha value is 0.0100.